The molecule has 1 heterocycles. The van der Waals surface area contributed by atoms with E-state index in [1.165, 1.54) is 16.8 Å². The second-order valence-corrected chi connectivity index (χ2v) is 5.05. The predicted octanol–water partition coefficient (Wildman–Crippen LogP) is 3.46. The molecule has 20 heavy (non-hydrogen) atoms. The van der Waals surface area contributed by atoms with Crippen LogP contribution in [0.4, 0.5) is 5.69 Å². The number of hydrogen-bond donors (Lipinski definition) is 1. The van der Waals surface area contributed by atoms with Gasteiger partial charge in [0.05, 0.1) is 14.2 Å². The number of ether oxygens (including phenoxy) is 2. The molecule has 1 atom stereocenters. The number of methoxy groups -OCH3 is 2. The van der Waals surface area contributed by atoms with Crippen molar-refractivity contribution in [1.82, 2.24) is 0 Å². The van der Waals surface area contributed by atoms with Gasteiger partial charge >= 0.3 is 0 Å². The van der Waals surface area contributed by atoms with Crippen molar-refractivity contribution in [3.05, 3.63) is 53.6 Å². The van der Waals surface area contributed by atoms with Gasteiger partial charge in [-0.25, -0.2) is 0 Å². The average molecular weight is 269 g/mol. The van der Waals surface area contributed by atoms with Gasteiger partial charge in [-0.2, -0.15) is 0 Å². The summed E-state index contributed by atoms with van der Waals surface area (Å²) >= 11 is 0. The summed E-state index contributed by atoms with van der Waals surface area (Å²) in [6.07, 6.45) is 1.05. The average Bonchev–Trinajstić information content (AvgIpc) is 2.53. The number of benzene rings is 2. The van der Waals surface area contributed by atoms with Crippen LogP contribution in [0, 0.1) is 0 Å². The van der Waals surface area contributed by atoms with Crippen LogP contribution < -0.4 is 14.8 Å². The van der Waals surface area contributed by atoms with E-state index in [2.05, 4.69) is 41.7 Å². The Kier molecular flexibility index (Phi) is 3.50. The summed E-state index contributed by atoms with van der Waals surface area (Å²) in [4.78, 5) is 0. The SMILES string of the molecule is COc1ccc(C2CNc3ccccc3C2)cc1OC. The summed E-state index contributed by atoms with van der Waals surface area (Å²) in [5.74, 6) is 2.04. The number of para-hydroxylation sites is 1. The number of hydrogen-bond acceptors (Lipinski definition) is 3. The first-order valence-electron chi connectivity index (χ1n) is 6.85. The summed E-state index contributed by atoms with van der Waals surface area (Å²) < 4.78 is 10.7. The molecule has 0 aliphatic carbocycles. The third-order valence-corrected chi connectivity index (χ3v) is 3.90. The van der Waals surface area contributed by atoms with Crippen molar-refractivity contribution in [1.29, 1.82) is 0 Å². The molecule has 1 aliphatic rings. The van der Waals surface area contributed by atoms with Gasteiger partial charge in [0.1, 0.15) is 0 Å². The Labute approximate surface area is 119 Å². The summed E-state index contributed by atoms with van der Waals surface area (Å²) in [5, 5.41) is 3.51. The van der Waals surface area contributed by atoms with Crippen LogP contribution in [0.3, 0.4) is 0 Å². The van der Waals surface area contributed by atoms with E-state index in [-0.39, 0.29) is 0 Å². The third kappa shape index (κ3) is 2.31. The molecule has 1 unspecified atom stereocenters. The number of fused-ring (bicyclic) bond motifs is 1. The molecule has 0 saturated heterocycles. The zero-order valence-electron chi connectivity index (χ0n) is 11.8. The van der Waals surface area contributed by atoms with Gasteiger partial charge < -0.3 is 14.8 Å². The second-order valence-electron chi connectivity index (χ2n) is 5.05. The Hall–Kier alpha value is -2.16. The lowest BCUT2D eigenvalue weighted by Crippen LogP contribution is -2.21. The van der Waals surface area contributed by atoms with Crippen LogP contribution >= 0.6 is 0 Å². The summed E-state index contributed by atoms with van der Waals surface area (Å²) in [6, 6.07) is 14.7. The van der Waals surface area contributed by atoms with Gasteiger partial charge in [0.2, 0.25) is 0 Å². The van der Waals surface area contributed by atoms with E-state index >= 15 is 0 Å². The number of anilines is 1. The lowest BCUT2D eigenvalue weighted by atomic mass is 9.88. The quantitative estimate of drug-likeness (QED) is 0.925. The maximum absolute atomic E-state index is 5.39. The summed E-state index contributed by atoms with van der Waals surface area (Å²) in [7, 11) is 3.34. The molecule has 3 heteroatoms. The van der Waals surface area contributed by atoms with Gasteiger partial charge in [0.25, 0.3) is 0 Å². The zero-order chi connectivity index (χ0) is 13.9. The first kappa shape index (κ1) is 12.9. The molecule has 3 nitrogen and oxygen atoms in total. The normalized spacial score (nSPS) is 17.0. The highest BCUT2D eigenvalue weighted by molar-refractivity contribution is 5.55. The first-order valence-corrected chi connectivity index (χ1v) is 6.85. The Morgan fingerprint density at radius 1 is 1.00 bits per heavy atom. The van der Waals surface area contributed by atoms with Crippen molar-refractivity contribution >= 4 is 5.69 Å². The molecule has 1 aliphatic heterocycles. The van der Waals surface area contributed by atoms with E-state index in [0.717, 1.165) is 24.5 Å². The van der Waals surface area contributed by atoms with E-state index in [9.17, 15) is 0 Å². The fourth-order valence-electron chi connectivity index (χ4n) is 2.78. The molecule has 2 aromatic rings. The minimum absolute atomic E-state index is 0.463. The van der Waals surface area contributed by atoms with Crippen LogP contribution in [0.15, 0.2) is 42.5 Å². The van der Waals surface area contributed by atoms with Crippen molar-refractivity contribution in [2.75, 3.05) is 26.1 Å². The van der Waals surface area contributed by atoms with Crippen molar-refractivity contribution in [2.45, 2.75) is 12.3 Å². The number of nitrogens with one attached hydrogen (secondary N) is 1. The Bertz CT molecular complexity index is 610. The lowest BCUT2D eigenvalue weighted by molar-refractivity contribution is 0.354. The van der Waals surface area contributed by atoms with Gasteiger partial charge in [-0.05, 0) is 35.7 Å². The second kappa shape index (κ2) is 5.45. The smallest absolute Gasteiger partial charge is 0.160 e. The van der Waals surface area contributed by atoms with Gasteiger partial charge in [-0.1, -0.05) is 24.3 Å². The number of rotatable bonds is 3. The molecule has 0 radical (unpaired) electrons. The topological polar surface area (TPSA) is 30.5 Å². The largest absolute Gasteiger partial charge is 0.493 e. The molecule has 104 valence electrons. The monoisotopic (exact) mass is 269 g/mol. The van der Waals surface area contributed by atoms with Crippen LogP contribution in [0.1, 0.15) is 17.0 Å². The molecule has 0 saturated carbocycles. The van der Waals surface area contributed by atoms with Crippen LogP contribution in [0.25, 0.3) is 0 Å². The van der Waals surface area contributed by atoms with Crippen LogP contribution in [0.5, 0.6) is 11.5 Å². The molecule has 1 N–H and O–H groups in total. The molecule has 0 amide bonds. The molecule has 2 aromatic carbocycles. The van der Waals surface area contributed by atoms with Crippen LogP contribution in [-0.2, 0) is 6.42 Å². The minimum atomic E-state index is 0.463. The third-order valence-electron chi connectivity index (χ3n) is 3.90. The molecule has 0 spiro atoms. The minimum Gasteiger partial charge on any atom is -0.493 e. The predicted molar refractivity (Wildman–Crippen MR) is 80.9 cm³/mol. The molecule has 0 fully saturated rings. The fourth-order valence-corrected chi connectivity index (χ4v) is 2.78. The first-order chi connectivity index (χ1) is 9.81. The highest BCUT2D eigenvalue weighted by Gasteiger charge is 2.20. The van der Waals surface area contributed by atoms with Crippen LogP contribution in [-0.4, -0.2) is 20.8 Å². The molecular formula is C17H19NO2. The molecule has 0 aromatic heterocycles. The van der Waals surface area contributed by atoms with E-state index in [4.69, 9.17) is 9.47 Å². The zero-order valence-corrected chi connectivity index (χ0v) is 11.8. The van der Waals surface area contributed by atoms with Crippen molar-refractivity contribution in [2.24, 2.45) is 0 Å². The highest BCUT2D eigenvalue weighted by Crippen LogP contribution is 2.35. The van der Waals surface area contributed by atoms with Crippen molar-refractivity contribution in [3.63, 3.8) is 0 Å². The standard InChI is InChI=1S/C17H19NO2/c1-19-16-8-7-12(10-17(16)20-2)14-9-13-5-3-4-6-15(13)18-11-14/h3-8,10,14,18H,9,11H2,1-2H3. The van der Waals surface area contributed by atoms with Gasteiger partial charge in [-0.3, -0.25) is 0 Å². The van der Waals surface area contributed by atoms with E-state index in [1.807, 2.05) is 6.07 Å². The maximum Gasteiger partial charge on any atom is 0.160 e. The Morgan fingerprint density at radius 3 is 2.60 bits per heavy atom. The lowest BCUT2D eigenvalue weighted by Gasteiger charge is -2.27. The molecule has 0 bridgehead atoms. The van der Waals surface area contributed by atoms with E-state index in [1.54, 1.807) is 14.2 Å². The van der Waals surface area contributed by atoms with Gasteiger partial charge in [-0.15, -0.1) is 0 Å². The van der Waals surface area contributed by atoms with Gasteiger partial charge in [0.15, 0.2) is 11.5 Å². The maximum atomic E-state index is 5.39. The fraction of sp³-hybridized carbons (Fsp3) is 0.294. The van der Waals surface area contributed by atoms with Crippen molar-refractivity contribution < 1.29 is 9.47 Å². The highest BCUT2D eigenvalue weighted by atomic mass is 16.5. The molecule has 3 rings (SSSR count). The molecular weight excluding hydrogens is 250 g/mol. The summed E-state index contributed by atoms with van der Waals surface area (Å²) in [5.41, 5.74) is 3.91. The van der Waals surface area contributed by atoms with Gasteiger partial charge in [0, 0.05) is 18.2 Å². The Balaban J connectivity index is 1.88. The van der Waals surface area contributed by atoms with Crippen LogP contribution in [0.2, 0.25) is 0 Å². The van der Waals surface area contributed by atoms with Crippen molar-refractivity contribution in [3.8, 4) is 11.5 Å². The summed E-state index contributed by atoms with van der Waals surface area (Å²) in [6.45, 7) is 0.951. The van der Waals surface area contributed by atoms with E-state index in [0.29, 0.717) is 5.92 Å². The van der Waals surface area contributed by atoms with E-state index < -0.39 is 0 Å². The Morgan fingerprint density at radius 2 is 1.80 bits per heavy atom.